The summed E-state index contributed by atoms with van der Waals surface area (Å²) in [6, 6.07) is 10.7. The molecule has 1 heterocycles. The molecule has 0 bridgehead atoms. The standard InChI is InChI=1S/C23H25ClN4O4S/c1-15-13-25-28(14-16-4-5-16)22(15)26-23(29)20-12-19(10-11-21(20)24)33(30,31)27(2)17-6-8-18(32-3)9-7-17/h6-13,16H,4-5,14H2,1-3H3,(H,26,29). The van der Waals surface area contributed by atoms with Crippen molar-refractivity contribution in [3.63, 3.8) is 0 Å². The number of methoxy groups -OCH3 is 1. The number of aromatic nitrogens is 2. The Labute approximate surface area is 198 Å². The second-order valence-electron chi connectivity index (χ2n) is 8.07. The molecular formula is C23H25ClN4O4S. The van der Waals surface area contributed by atoms with Gasteiger partial charge in [0.15, 0.2) is 0 Å². The first-order valence-corrected chi connectivity index (χ1v) is 12.3. The lowest BCUT2D eigenvalue weighted by molar-refractivity contribution is 0.102. The van der Waals surface area contributed by atoms with E-state index in [4.69, 9.17) is 16.3 Å². The molecule has 1 aromatic heterocycles. The van der Waals surface area contributed by atoms with Crippen molar-refractivity contribution in [1.29, 1.82) is 0 Å². The Balaban J connectivity index is 1.60. The molecule has 174 valence electrons. The molecular weight excluding hydrogens is 464 g/mol. The van der Waals surface area contributed by atoms with Gasteiger partial charge in [-0.05, 0) is 68.1 Å². The van der Waals surface area contributed by atoms with Crippen molar-refractivity contribution in [2.45, 2.75) is 31.2 Å². The van der Waals surface area contributed by atoms with Crippen molar-refractivity contribution < 1.29 is 17.9 Å². The fraction of sp³-hybridized carbons (Fsp3) is 0.304. The Hall–Kier alpha value is -3.04. The van der Waals surface area contributed by atoms with Crippen LogP contribution in [0.4, 0.5) is 11.5 Å². The first kappa shape index (κ1) is 23.1. The van der Waals surface area contributed by atoms with Gasteiger partial charge in [-0.25, -0.2) is 13.1 Å². The third-order valence-corrected chi connectivity index (χ3v) is 7.77. The van der Waals surface area contributed by atoms with Crippen molar-refractivity contribution in [1.82, 2.24) is 9.78 Å². The maximum Gasteiger partial charge on any atom is 0.264 e. The van der Waals surface area contributed by atoms with Gasteiger partial charge in [-0.2, -0.15) is 5.10 Å². The molecule has 8 nitrogen and oxygen atoms in total. The van der Waals surface area contributed by atoms with E-state index in [2.05, 4.69) is 10.4 Å². The number of amides is 1. The Morgan fingerprint density at radius 3 is 2.58 bits per heavy atom. The molecule has 1 fully saturated rings. The van der Waals surface area contributed by atoms with Gasteiger partial charge in [0, 0.05) is 19.2 Å². The molecule has 0 aliphatic heterocycles. The molecule has 0 radical (unpaired) electrons. The maximum absolute atomic E-state index is 13.2. The largest absolute Gasteiger partial charge is 0.497 e. The summed E-state index contributed by atoms with van der Waals surface area (Å²) in [6.45, 7) is 2.59. The highest BCUT2D eigenvalue weighted by Gasteiger charge is 2.26. The van der Waals surface area contributed by atoms with Gasteiger partial charge in [-0.15, -0.1) is 0 Å². The Morgan fingerprint density at radius 1 is 1.24 bits per heavy atom. The fourth-order valence-corrected chi connectivity index (χ4v) is 4.85. The third-order valence-electron chi connectivity index (χ3n) is 5.66. The van der Waals surface area contributed by atoms with Gasteiger partial charge >= 0.3 is 0 Å². The van der Waals surface area contributed by atoms with E-state index in [1.807, 2.05) is 6.92 Å². The van der Waals surface area contributed by atoms with Crippen LogP contribution in [0.25, 0.3) is 0 Å². The summed E-state index contributed by atoms with van der Waals surface area (Å²) in [7, 11) is -0.947. The van der Waals surface area contributed by atoms with Crippen molar-refractivity contribution in [2.24, 2.45) is 5.92 Å². The van der Waals surface area contributed by atoms with Gasteiger partial charge in [-0.3, -0.25) is 9.10 Å². The Bertz CT molecular complexity index is 1280. The number of hydrogen-bond donors (Lipinski definition) is 1. The summed E-state index contributed by atoms with van der Waals surface area (Å²) in [5.41, 5.74) is 1.35. The lowest BCUT2D eigenvalue weighted by Gasteiger charge is -2.20. The summed E-state index contributed by atoms with van der Waals surface area (Å²) < 4.78 is 34.5. The van der Waals surface area contributed by atoms with Crippen LogP contribution in [0.2, 0.25) is 5.02 Å². The van der Waals surface area contributed by atoms with Crippen LogP contribution in [0.5, 0.6) is 5.75 Å². The SMILES string of the molecule is COc1ccc(N(C)S(=O)(=O)c2ccc(Cl)c(C(=O)Nc3c(C)cnn3CC3CC3)c2)cc1. The van der Waals surface area contributed by atoms with Crippen LogP contribution >= 0.6 is 11.6 Å². The highest BCUT2D eigenvalue weighted by atomic mass is 35.5. The van der Waals surface area contributed by atoms with Crippen LogP contribution in [0.3, 0.4) is 0 Å². The van der Waals surface area contributed by atoms with E-state index in [0.29, 0.717) is 23.2 Å². The number of aryl methyl sites for hydroxylation is 1. The number of ether oxygens (including phenoxy) is 1. The van der Waals surface area contributed by atoms with Crippen molar-refractivity contribution >= 4 is 39.0 Å². The number of carbonyl (C=O) groups is 1. The molecule has 1 amide bonds. The molecule has 1 saturated carbocycles. The summed E-state index contributed by atoms with van der Waals surface area (Å²) in [4.78, 5) is 13.0. The van der Waals surface area contributed by atoms with E-state index in [1.54, 1.807) is 35.1 Å². The van der Waals surface area contributed by atoms with Crippen LogP contribution in [-0.2, 0) is 16.6 Å². The number of hydrogen-bond acceptors (Lipinski definition) is 5. The molecule has 1 aliphatic carbocycles. The zero-order valence-corrected chi connectivity index (χ0v) is 20.2. The monoisotopic (exact) mass is 488 g/mol. The number of nitrogens with zero attached hydrogens (tertiary/aromatic N) is 3. The van der Waals surface area contributed by atoms with Crippen LogP contribution in [0.15, 0.2) is 53.6 Å². The summed E-state index contributed by atoms with van der Waals surface area (Å²) in [5, 5.41) is 7.36. The molecule has 1 N–H and O–H groups in total. The molecule has 2 aromatic carbocycles. The predicted octanol–water partition coefficient (Wildman–Crippen LogP) is 4.34. The lowest BCUT2D eigenvalue weighted by Crippen LogP contribution is -2.27. The molecule has 0 atom stereocenters. The van der Waals surface area contributed by atoms with E-state index < -0.39 is 15.9 Å². The van der Waals surface area contributed by atoms with E-state index >= 15 is 0 Å². The molecule has 4 rings (SSSR count). The normalized spacial score (nSPS) is 13.6. The highest BCUT2D eigenvalue weighted by molar-refractivity contribution is 7.92. The molecule has 33 heavy (non-hydrogen) atoms. The van der Waals surface area contributed by atoms with E-state index in [-0.39, 0.29) is 15.5 Å². The van der Waals surface area contributed by atoms with Crippen LogP contribution < -0.4 is 14.4 Å². The zero-order chi connectivity index (χ0) is 23.8. The second kappa shape index (κ2) is 9.07. The number of sulfonamides is 1. The fourth-order valence-electron chi connectivity index (χ4n) is 3.43. The average molecular weight is 489 g/mol. The molecule has 0 unspecified atom stereocenters. The number of anilines is 2. The van der Waals surface area contributed by atoms with Gasteiger partial charge in [0.25, 0.3) is 15.9 Å². The smallest absolute Gasteiger partial charge is 0.264 e. The van der Waals surface area contributed by atoms with Crippen LogP contribution in [-0.4, -0.2) is 38.3 Å². The minimum atomic E-state index is -3.93. The number of rotatable bonds is 8. The third kappa shape index (κ3) is 4.84. The number of benzene rings is 2. The van der Waals surface area contributed by atoms with Crippen LogP contribution in [0.1, 0.15) is 28.8 Å². The Kier molecular flexibility index (Phi) is 6.36. The molecule has 0 spiro atoms. The van der Waals surface area contributed by atoms with Gasteiger partial charge in [-0.1, -0.05) is 11.6 Å². The number of carbonyl (C=O) groups excluding carboxylic acids is 1. The van der Waals surface area contributed by atoms with Gasteiger partial charge in [0.05, 0.1) is 34.5 Å². The summed E-state index contributed by atoms with van der Waals surface area (Å²) in [5.74, 6) is 1.29. The maximum atomic E-state index is 13.2. The minimum absolute atomic E-state index is 0.0430. The Morgan fingerprint density at radius 2 is 1.94 bits per heavy atom. The quantitative estimate of drug-likeness (QED) is 0.509. The predicted molar refractivity (Wildman–Crippen MR) is 128 cm³/mol. The molecule has 3 aromatic rings. The van der Waals surface area contributed by atoms with Gasteiger partial charge < -0.3 is 10.1 Å². The zero-order valence-electron chi connectivity index (χ0n) is 18.6. The molecule has 10 heteroatoms. The average Bonchev–Trinajstić information content (AvgIpc) is 3.57. The lowest BCUT2D eigenvalue weighted by atomic mass is 10.2. The van der Waals surface area contributed by atoms with Crippen LogP contribution in [0, 0.1) is 12.8 Å². The van der Waals surface area contributed by atoms with E-state index in [1.165, 1.54) is 32.4 Å². The topological polar surface area (TPSA) is 93.5 Å². The summed E-state index contributed by atoms with van der Waals surface area (Å²) >= 11 is 6.28. The van der Waals surface area contributed by atoms with Crippen molar-refractivity contribution in [3.05, 3.63) is 64.8 Å². The van der Waals surface area contributed by atoms with Gasteiger partial charge in [0.2, 0.25) is 0 Å². The van der Waals surface area contributed by atoms with Gasteiger partial charge in [0.1, 0.15) is 11.6 Å². The molecule has 1 aliphatic rings. The first-order chi connectivity index (χ1) is 15.7. The minimum Gasteiger partial charge on any atom is -0.497 e. The molecule has 0 saturated heterocycles. The number of halogens is 1. The van der Waals surface area contributed by atoms with E-state index in [9.17, 15) is 13.2 Å². The second-order valence-corrected chi connectivity index (χ2v) is 10.4. The van der Waals surface area contributed by atoms with Crippen molar-refractivity contribution in [2.75, 3.05) is 23.8 Å². The first-order valence-electron chi connectivity index (χ1n) is 10.5. The van der Waals surface area contributed by atoms with E-state index in [0.717, 1.165) is 29.3 Å². The highest BCUT2D eigenvalue weighted by Crippen LogP contribution is 2.32. The van der Waals surface area contributed by atoms with Crippen molar-refractivity contribution in [3.8, 4) is 5.75 Å². The summed E-state index contributed by atoms with van der Waals surface area (Å²) in [6.07, 6.45) is 4.00. The number of nitrogens with one attached hydrogen (secondary N) is 1.